The third kappa shape index (κ3) is 1.37. The molecule has 0 aromatic heterocycles. The Balaban J connectivity index is 1.70. The Morgan fingerprint density at radius 3 is 2.71 bits per heavy atom. The van der Waals surface area contributed by atoms with Gasteiger partial charge in [-0.2, -0.15) is 0 Å². The van der Waals surface area contributed by atoms with Crippen LogP contribution in [0, 0.1) is 5.92 Å². The van der Waals surface area contributed by atoms with Crippen LogP contribution in [0.1, 0.15) is 19.3 Å². The number of ether oxygens (including phenoxy) is 2. The van der Waals surface area contributed by atoms with Gasteiger partial charge in [0.2, 0.25) is 0 Å². The van der Waals surface area contributed by atoms with E-state index < -0.39 is 6.10 Å². The monoisotopic (exact) mass is 200 g/mol. The van der Waals surface area contributed by atoms with Crippen LogP contribution in [0.25, 0.3) is 0 Å². The average molecular weight is 200 g/mol. The van der Waals surface area contributed by atoms with Crippen LogP contribution in [-0.4, -0.2) is 47.3 Å². The normalized spacial score (nSPS) is 56.1. The van der Waals surface area contributed by atoms with E-state index in [0.29, 0.717) is 0 Å². The van der Waals surface area contributed by atoms with Gasteiger partial charge in [0.1, 0.15) is 18.3 Å². The molecule has 3 rings (SSSR count). The van der Waals surface area contributed by atoms with E-state index >= 15 is 0 Å². The molecule has 1 aliphatic carbocycles. The van der Waals surface area contributed by atoms with E-state index in [2.05, 4.69) is 0 Å². The molecule has 0 aromatic carbocycles. The molecule has 3 fully saturated rings. The quantitative estimate of drug-likeness (QED) is 0.569. The summed E-state index contributed by atoms with van der Waals surface area (Å²) in [6.07, 6.45) is 2.81. The van der Waals surface area contributed by atoms with Crippen LogP contribution in [0.4, 0.5) is 0 Å². The van der Waals surface area contributed by atoms with E-state index in [9.17, 15) is 5.11 Å². The van der Waals surface area contributed by atoms with E-state index in [1.165, 1.54) is 0 Å². The fourth-order valence-electron chi connectivity index (χ4n) is 2.61. The molecule has 4 nitrogen and oxygen atoms in total. The molecule has 2 heterocycles. The van der Waals surface area contributed by atoms with Crippen molar-refractivity contribution in [2.24, 2.45) is 5.92 Å². The summed E-state index contributed by atoms with van der Waals surface area (Å²) in [4.78, 5) is 0. The van der Waals surface area contributed by atoms with Crippen LogP contribution >= 0.6 is 0 Å². The smallest absolute Gasteiger partial charge is 0.113 e. The molecule has 0 spiro atoms. The predicted octanol–water partition coefficient (Wildman–Crippen LogP) is -0.326. The molecule has 3 aliphatic rings. The van der Waals surface area contributed by atoms with E-state index in [1.807, 2.05) is 0 Å². The number of hydrogen-bond acceptors (Lipinski definition) is 4. The van der Waals surface area contributed by atoms with Gasteiger partial charge >= 0.3 is 0 Å². The molecule has 2 saturated heterocycles. The van der Waals surface area contributed by atoms with Gasteiger partial charge in [-0.25, -0.2) is 0 Å². The van der Waals surface area contributed by atoms with E-state index in [-0.39, 0.29) is 36.9 Å². The number of hydrogen-bond donors (Lipinski definition) is 2. The fourth-order valence-corrected chi connectivity index (χ4v) is 2.61. The van der Waals surface area contributed by atoms with Crippen molar-refractivity contribution in [3.05, 3.63) is 0 Å². The van der Waals surface area contributed by atoms with Crippen molar-refractivity contribution in [3.8, 4) is 0 Å². The topological polar surface area (TPSA) is 65.5 Å². The predicted molar refractivity (Wildman–Crippen MR) is 47.8 cm³/mol. The second-order valence-corrected chi connectivity index (χ2v) is 4.57. The van der Waals surface area contributed by atoms with Crippen LogP contribution < -0.4 is 0 Å². The van der Waals surface area contributed by atoms with Gasteiger partial charge in [-0.1, -0.05) is 6.42 Å². The van der Waals surface area contributed by atoms with Gasteiger partial charge in [0.15, 0.2) is 0 Å². The maximum absolute atomic E-state index is 9.84. The second kappa shape index (κ2) is 3.17. The lowest BCUT2D eigenvalue weighted by Crippen LogP contribution is -2.27. The lowest BCUT2D eigenvalue weighted by atomic mass is 9.97. The largest absolute Gasteiger partial charge is 0.396 e. The van der Waals surface area contributed by atoms with Gasteiger partial charge in [0, 0.05) is 12.5 Å². The van der Waals surface area contributed by atoms with E-state index in [4.69, 9.17) is 14.6 Å². The molecular formula is C10H16O4. The highest BCUT2D eigenvalue weighted by Crippen LogP contribution is 2.43. The highest BCUT2D eigenvalue weighted by molar-refractivity contribution is 5.05. The summed E-state index contributed by atoms with van der Waals surface area (Å²) in [7, 11) is 0. The van der Waals surface area contributed by atoms with Crippen molar-refractivity contribution in [2.45, 2.75) is 49.8 Å². The molecule has 0 aromatic rings. The van der Waals surface area contributed by atoms with Crippen molar-refractivity contribution in [1.82, 2.24) is 0 Å². The minimum atomic E-state index is -0.475. The van der Waals surface area contributed by atoms with Crippen LogP contribution in [-0.2, 0) is 9.47 Å². The molecule has 14 heavy (non-hydrogen) atoms. The Bertz CT molecular complexity index is 226. The Morgan fingerprint density at radius 1 is 1.07 bits per heavy atom. The van der Waals surface area contributed by atoms with E-state index in [0.717, 1.165) is 19.3 Å². The summed E-state index contributed by atoms with van der Waals surface area (Å²) in [5.41, 5.74) is 0. The fraction of sp³-hybridized carbons (Fsp3) is 1.00. The first kappa shape index (κ1) is 9.09. The molecule has 0 bridgehead atoms. The standard InChI is InChI=1S/C10H16O4/c11-4-5-2-1-3-6-9(13-6)7(12)10-8(5)14-10/h5-12H,1-4H2/t5-,6-,7-,8+,9-,10-/m1/s1. The summed E-state index contributed by atoms with van der Waals surface area (Å²) in [6, 6.07) is 0. The van der Waals surface area contributed by atoms with Gasteiger partial charge in [-0.3, -0.25) is 0 Å². The van der Waals surface area contributed by atoms with E-state index in [1.54, 1.807) is 0 Å². The average Bonchev–Trinajstić information content (AvgIpc) is 3.05. The summed E-state index contributed by atoms with van der Waals surface area (Å²) in [5.74, 6) is 0.215. The summed E-state index contributed by atoms with van der Waals surface area (Å²) < 4.78 is 10.8. The van der Waals surface area contributed by atoms with Crippen molar-refractivity contribution in [2.75, 3.05) is 6.61 Å². The van der Waals surface area contributed by atoms with Crippen molar-refractivity contribution in [1.29, 1.82) is 0 Å². The first-order chi connectivity index (χ1) is 6.81. The maximum atomic E-state index is 9.84. The molecule has 1 saturated carbocycles. The van der Waals surface area contributed by atoms with Gasteiger partial charge in [-0.15, -0.1) is 0 Å². The lowest BCUT2D eigenvalue weighted by molar-refractivity contribution is 0.103. The zero-order chi connectivity index (χ0) is 9.71. The number of aliphatic hydroxyl groups is 2. The Hall–Kier alpha value is -0.160. The van der Waals surface area contributed by atoms with Gasteiger partial charge in [-0.05, 0) is 12.8 Å². The SMILES string of the molecule is OC[C@H]1CCC[C@H]2O[C@H]2[C@@H](O)[C@H]2O[C@@H]12. The third-order valence-corrected chi connectivity index (χ3v) is 3.62. The first-order valence-electron chi connectivity index (χ1n) is 5.41. The summed E-state index contributed by atoms with van der Waals surface area (Å²) in [5, 5.41) is 19.0. The molecule has 2 aliphatic heterocycles. The number of rotatable bonds is 1. The van der Waals surface area contributed by atoms with Gasteiger partial charge in [0.25, 0.3) is 0 Å². The second-order valence-electron chi connectivity index (χ2n) is 4.57. The maximum Gasteiger partial charge on any atom is 0.113 e. The Kier molecular flexibility index (Phi) is 2.06. The minimum Gasteiger partial charge on any atom is -0.396 e. The Labute approximate surface area is 82.8 Å². The molecule has 0 radical (unpaired) electrons. The molecule has 0 amide bonds. The van der Waals surface area contributed by atoms with Crippen molar-refractivity contribution < 1.29 is 19.7 Å². The molecule has 6 atom stereocenters. The molecule has 2 N–H and O–H groups in total. The zero-order valence-electron chi connectivity index (χ0n) is 8.00. The zero-order valence-corrected chi connectivity index (χ0v) is 8.00. The minimum absolute atomic E-state index is 0.00226. The van der Waals surface area contributed by atoms with Crippen molar-refractivity contribution in [3.63, 3.8) is 0 Å². The third-order valence-electron chi connectivity index (χ3n) is 3.62. The lowest BCUT2D eigenvalue weighted by Gasteiger charge is -2.10. The van der Waals surface area contributed by atoms with Gasteiger partial charge < -0.3 is 19.7 Å². The van der Waals surface area contributed by atoms with Crippen LogP contribution in [0.5, 0.6) is 0 Å². The summed E-state index contributed by atoms with van der Waals surface area (Å²) >= 11 is 0. The highest BCUT2D eigenvalue weighted by atomic mass is 16.6. The van der Waals surface area contributed by atoms with Crippen LogP contribution in [0.2, 0.25) is 0 Å². The molecule has 0 unspecified atom stereocenters. The number of aliphatic hydroxyl groups excluding tert-OH is 2. The molecule has 4 heteroatoms. The van der Waals surface area contributed by atoms with Crippen LogP contribution in [0.15, 0.2) is 0 Å². The van der Waals surface area contributed by atoms with Gasteiger partial charge in [0.05, 0.1) is 12.2 Å². The molecular weight excluding hydrogens is 184 g/mol. The first-order valence-corrected chi connectivity index (χ1v) is 5.41. The molecule has 80 valence electrons. The summed E-state index contributed by atoms with van der Waals surface area (Å²) in [6.45, 7) is 0.171. The van der Waals surface area contributed by atoms with Crippen LogP contribution in [0.3, 0.4) is 0 Å². The highest BCUT2D eigenvalue weighted by Gasteiger charge is 2.57. The van der Waals surface area contributed by atoms with Crippen molar-refractivity contribution >= 4 is 0 Å². The Morgan fingerprint density at radius 2 is 1.93 bits per heavy atom. The number of fused-ring (bicyclic) bond motifs is 2. The number of epoxide rings is 2.